The summed E-state index contributed by atoms with van der Waals surface area (Å²) >= 11 is 0. The average Bonchev–Trinajstić information content (AvgIpc) is 3.59. The Morgan fingerprint density at radius 3 is 2.76 bits per heavy atom. The molecule has 0 atom stereocenters. The van der Waals surface area contributed by atoms with Crippen molar-refractivity contribution in [2.24, 2.45) is 0 Å². The van der Waals surface area contributed by atoms with Crippen molar-refractivity contribution in [3.63, 3.8) is 0 Å². The van der Waals surface area contributed by atoms with E-state index in [2.05, 4.69) is 32.1 Å². The molecule has 1 saturated heterocycles. The van der Waals surface area contributed by atoms with E-state index in [9.17, 15) is 9.18 Å². The average molecular weight is 517 g/mol. The molecule has 0 radical (unpaired) electrons. The number of methoxy groups -OCH3 is 1. The Morgan fingerprint density at radius 1 is 1.13 bits per heavy atom. The van der Waals surface area contributed by atoms with Gasteiger partial charge >= 0.3 is 0 Å². The molecule has 3 heterocycles. The van der Waals surface area contributed by atoms with Crippen LogP contribution in [0.5, 0.6) is 11.5 Å². The Labute approximate surface area is 219 Å². The number of carbonyl (C=O) groups is 1. The number of carbonyl (C=O) groups excluding carboxylic acids is 1. The topological polar surface area (TPSA) is 93.5 Å². The van der Waals surface area contributed by atoms with Gasteiger partial charge in [-0.15, -0.1) is 0 Å². The molecule has 38 heavy (non-hydrogen) atoms. The molecular formula is C28H29FN6O3. The molecule has 1 aliphatic rings. The fourth-order valence-electron chi connectivity index (χ4n) is 4.50. The van der Waals surface area contributed by atoms with E-state index in [-0.39, 0.29) is 11.7 Å². The molecule has 1 aliphatic heterocycles. The van der Waals surface area contributed by atoms with E-state index in [0.29, 0.717) is 41.2 Å². The highest BCUT2D eigenvalue weighted by Crippen LogP contribution is 2.38. The van der Waals surface area contributed by atoms with E-state index in [1.54, 1.807) is 37.6 Å². The van der Waals surface area contributed by atoms with Gasteiger partial charge in [0.1, 0.15) is 29.7 Å². The molecule has 2 N–H and O–H groups in total. The van der Waals surface area contributed by atoms with Crippen LogP contribution in [0.25, 0.3) is 16.7 Å². The van der Waals surface area contributed by atoms with E-state index in [1.165, 1.54) is 31.1 Å². The number of amides is 1. The lowest BCUT2D eigenvalue weighted by atomic mass is 10.2. The van der Waals surface area contributed by atoms with Crippen molar-refractivity contribution in [3.05, 3.63) is 73.3 Å². The molecule has 10 heteroatoms. The predicted molar refractivity (Wildman–Crippen MR) is 145 cm³/mol. The molecule has 0 bridgehead atoms. The number of fused-ring (bicyclic) bond motifs is 1. The van der Waals surface area contributed by atoms with Crippen molar-refractivity contribution in [2.45, 2.75) is 12.8 Å². The molecular weight excluding hydrogens is 487 g/mol. The number of halogens is 1. The molecule has 1 amide bonds. The molecule has 2 aromatic carbocycles. The van der Waals surface area contributed by atoms with Gasteiger partial charge in [-0.05, 0) is 68.4 Å². The highest BCUT2D eigenvalue weighted by Gasteiger charge is 2.17. The van der Waals surface area contributed by atoms with Crippen molar-refractivity contribution in [1.29, 1.82) is 0 Å². The number of benzene rings is 2. The van der Waals surface area contributed by atoms with Gasteiger partial charge in [0, 0.05) is 30.4 Å². The van der Waals surface area contributed by atoms with E-state index < -0.39 is 0 Å². The SMILES string of the molecule is C=CC(=O)Nc1cc(Nc2nccc(-n3ccc4cc(F)ccc43)n2)c(OC)cc1OCCN1CCCC1. The minimum Gasteiger partial charge on any atom is -0.494 e. The van der Waals surface area contributed by atoms with Crippen molar-refractivity contribution in [3.8, 4) is 17.3 Å². The summed E-state index contributed by atoms with van der Waals surface area (Å²) in [5, 5.41) is 6.76. The largest absolute Gasteiger partial charge is 0.494 e. The summed E-state index contributed by atoms with van der Waals surface area (Å²) in [5.41, 5.74) is 1.82. The number of ether oxygens (including phenoxy) is 2. The molecule has 0 spiro atoms. The molecule has 0 saturated carbocycles. The van der Waals surface area contributed by atoms with Crippen LogP contribution in [0.15, 0.2) is 67.5 Å². The number of aromatic nitrogens is 3. The second-order valence-electron chi connectivity index (χ2n) is 8.89. The number of rotatable bonds is 10. The van der Waals surface area contributed by atoms with E-state index in [0.717, 1.165) is 30.5 Å². The number of nitrogens with one attached hydrogen (secondary N) is 2. The number of likely N-dealkylation sites (tertiary alicyclic amines) is 1. The maximum absolute atomic E-state index is 13.6. The van der Waals surface area contributed by atoms with Crippen LogP contribution < -0.4 is 20.1 Å². The third-order valence-electron chi connectivity index (χ3n) is 6.40. The predicted octanol–water partition coefficient (Wildman–Crippen LogP) is 4.91. The number of nitrogens with zero attached hydrogens (tertiary/aromatic N) is 4. The van der Waals surface area contributed by atoms with Gasteiger partial charge in [0.15, 0.2) is 0 Å². The molecule has 4 aromatic rings. The van der Waals surface area contributed by atoms with Crippen LogP contribution in [0.3, 0.4) is 0 Å². The van der Waals surface area contributed by atoms with Crippen LogP contribution >= 0.6 is 0 Å². The van der Waals surface area contributed by atoms with Crippen LogP contribution in [0.4, 0.5) is 21.7 Å². The maximum Gasteiger partial charge on any atom is 0.247 e. The second-order valence-corrected chi connectivity index (χ2v) is 8.89. The summed E-state index contributed by atoms with van der Waals surface area (Å²) in [6, 6.07) is 11.6. The summed E-state index contributed by atoms with van der Waals surface area (Å²) < 4.78 is 27.1. The first-order valence-electron chi connectivity index (χ1n) is 12.4. The van der Waals surface area contributed by atoms with Crippen molar-refractivity contribution in [2.75, 3.05) is 44.0 Å². The van der Waals surface area contributed by atoms with Gasteiger partial charge in [-0.2, -0.15) is 4.98 Å². The minimum atomic E-state index is -0.361. The summed E-state index contributed by atoms with van der Waals surface area (Å²) in [6.07, 6.45) is 7.07. The highest BCUT2D eigenvalue weighted by molar-refractivity contribution is 6.00. The Morgan fingerprint density at radius 2 is 1.97 bits per heavy atom. The van der Waals surface area contributed by atoms with Crippen molar-refractivity contribution >= 4 is 34.1 Å². The number of hydrogen-bond acceptors (Lipinski definition) is 7. The molecule has 1 fully saturated rings. The fourth-order valence-corrected chi connectivity index (χ4v) is 4.50. The summed E-state index contributed by atoms with van der Waals surface area (Å²) in [5.74, 6) is 1.24. The lowest BCUT2D eigenvalue weighted by Crippen LogP contribution is -2.25. The molecule has 0 aliphatic carbocycles. The Hall–Kier alpha value is -4.44. The first kappa shape index (κ1) is 25.2. The number of anilines is 3. The quantitative estimate of drug-likeness (QED) is 0.289. The molecule has 9 nitrogen and oxygen atoms in total. The Bertz CT molecular complexity index is 1460. The first-order valence-corrected chi connectivity index (χ1v) is 12.4. The summed E-state index contributed by atoms with van der Waals surface area (Å²) in [7, 11) is 1.55. The standard InChI is InChI=1S/C28H29FN6O3/c1-3-27(36)31-22-17-21(24(37-2)18-25(22)38-15-14-34-11-4-5-12-34)32-28-30-10-8-26(33-28)35-13-9-19-16-20(29)6-7-23(19)35/h3,6-10,13,16-18H,1,4-5,11-12,14-15H2,2H3,(H,31,36)(H,30,32,33). The van der Waals surface area contributed by atoms with Crippen LogP contribution in [-0.2, 0) is 4.79 Å². The zero-order valence-corrected chi connectivity index (χ0v) is 21.1. The van der Waals surface area contributed by atoms with E-state index in [4.69, 9.17) is 9.47 Å². The van der Waals surface area contributed by atoms with Crippen LogP contribution in [0.1, 0.15) is 12.8 Å². The normalized spacial score (nSPS) is 13.4. The number of hydrogen-bond donors (Lipinski definition) is 2. The zero-order chi connectivity index (χ0) is 26.5. The van der Waals surface area contributed by atoms with E-state index >= 15 is 0 Å². The maximum atomic E-state index is 13.6. The van der Waals surface area contributed by atoms with Crippen molar-refractivity contribution in [1.82, 2.24) is 19.4 Å². The van der Waals surface area contributed by atoms with Gasteiger partial charge in [0.2, 0.25) is 11.9 Å². The zero-order valence-electron chi connectivity index (χ0n) is 21.1. The van der Waals surface area contributed by atoms with Gasteiger partial charge in [0.05, 0.1) is 24.0 Å². The minimum absolute atomic E-state index is 0.296. The monoisotopic (exact) mass is 516 g/mol. The van der Waals surface area contributed by atoms with Crippen LogP contribution in [0, 0.1) is 5.82 Å². The highest BCUT2D eigenvalue weighted by atomic mass is 19.1. The van der Waals surface area contributed by atoms with Gasteiger partial charge in [-0.3, -0.25) is 9.69 Å². The lowest BCUT2D eigenvalue weighted by molar-refractivity contribution is -0.111. The second kappa shape index (κ2) is 11.3. The van der Waals surface area contributed by atoms with Gasteiger partial charge < -0.3 is 24.7 Å². The molecule has 2 aromatic heterocycles. The fraction of sp³-hybridized carbons (Fsp3) is 0.250. The Balaban J connectivity index is 1.41. The van der Waals surface area contributed by atoms with Crippen molar-refractivity contribution < 1.29 is 18.7 Å². The molecule has 0 unspecified atom stereocenters. The molecule has 196 valence electrons. The van der Waals surface area contributed by atoms with Gasteiger partial charge in [-0.25, -0.2) is 9.37 Å². The van der Waals surface area contributed by atoms with E-state index in [1.807, 2.05) is 16.8 Å². The third kappa shape index (κ3) is 5.60. The third-order valence-corrected chi connectivity index (χ3v) is 6.40. The first-order chi connectivity index (χ1) is 18.5. The van der Waals surface area contributed by atoms with Gasteiger partial charge in [-0.1, -0.05) is 6.58 Å². The van der Waals surface area contributed by atoms with Crippen LogP contribution in [0.2, 0.25) is 0 Å². The summed E-state index contributed by atoms with van der Waals surface area (Å²) in [6.45, 7) is 6.97. The Kier molecular flexibility index (Phi) is 7.50. The van der Waals surface area contributed by atoms with Gasteiger partial charge in [0.25, 0.3) is 0 Å². The summed E-state index contributed by atoms with van der Waals surface area (Å²) in [4.78, 5) is 23.5. The van der Waals surface area contributed by atoms with Crippen LogP contribution in [-0.4, -0.2) is 58.7 Å². The smallest absolute Gasteiger partial charge is 0.247 e. The molecule has 5 rings (SSSR count). The lowest BCUT2D eigenvalue weighted by Gasteiger charge is -2.19.